The summed E-state index contributed by atoms with van der Waals surface area (Å²) in [5, 5.41) is 2.95. The van der Waals surface area contributed by atoms with Crippen molar-refractivity contribution in [3.05, 3.63) is 89.2 Å². The van der Waals surface area contributed by atoms with E-state index in [2.05, 4.69) is 5.32 Å². The summed E-state index contributed by atoms with van der Waals surface area (Å²) in [5.41, 5.74) is 3.72. The molecular formula is C25H27FN2O3. The van der Waals surface area contributed by atoms with E-state index < -0.39 is 0 Å². The molecule has 162 valence electrons. The lowest BCUT2D eigenvalue weighted by Gasteiger charge is -2.24. The highest BCUT2D eigenvalue weighted by molar-refractivity contribution is 5.89. The van der Waals surface area contributed by atoms with Crippen LogP contribution in [0, 0.1) is 12.7 Å². The fraction of sp³-hybridized carbons (Fsp3) is 0.240. The number of methoxy groups -OCH3 is 2. The number of hydrogen-bond acceptors (Lipinski definition) is 3. The van der Waals surface area contributed by atoms with Crippen LogP contribution in [0.2, 0.25) is 0 Å². The normalized spacial score (nSPS) is 10.5. The van der Waals surface area contributed by atoms with E-state index in [1.165, 1.54) is 12.1 Å². The fourth-order valence-corrected chi connectivity index (χ4v) is 3.20. The number of aryl methyl sites for hydroxylation is 1. The molecule has 0 saturated heterocycles. The highest BCUT2D eigenvalue weighted by Crippen LogP contribution is 2.27. The van der Waals surface area contributed by atoms with Gasteiger partial charge in [-0.15, -0.1) is 0 Å². The van der Waals surface area contributed by atoms with Gasteiger partial charge in [-0.2, -0.15) is 0 Å². The molecule has 0 bridgehead atoms. The number of rotatable bonds is 8. The number of hydrogen-bond donors (Lipinski definition) is 1. The predicted molar refractivity (Wildman–Crippen MR) is 120 cm³/mol. The van der Waals surface area contributed by atoms with Gasteiger partial charge in [-0.1, -0.05) is 35.9 Å². The predicted octanol–water partition coefficient (Wildman–Crippen LogP) is 5.43. The Morgan fingerprint density at radius 3 is 2.19 bits per heavy atom. The van der Waals surface area contributed by atoms with E-state index in [1.54, 1.807) is 31.3 Å². The van der Waals surface area contributed by atoms with E-state index in [0.29, 0.717) is 31.0 Å². The second-order valence-corrected chi connectivity index (χ2v) is 7.28. The molecule has 31 heavy (non-hydrogen) atoms. The molecule has 6 heteroatoms. The molecule has 0 radical (unpaired) electrons. The van der Waals surface area contributed by atoms with E-state index in [1.807, 2.05) is 49.4 Å². The van der Waals surface area contributed by atoms with Gasteiger partial charge in [-0.25, -0.2) is 9.18 Å². The van der Waals surface area contributed by atoms with Gasteiger partial charge in [0.05, 0.1) is 14.2 Å². The van der Waals surface area contributed by atoms with Gasteiger partial charge < -0.3 is 19.7 Å². The third-order valence-electron chi connectivity index (χ3n) is 5.00. The Kier molecular flexibility index (Phi) is 7.49. The Bertz CT molecular complexity index is 1000. The minimum Gasteiger partial charge on any atom is -0.493 e. The Balaban J connectivity index is 1.75. The summed E-state index contributed by atoms with van der Waals surface area (Å²) >= 11 is 0. The van der Waals surface area contributed by atoms with Crippen molar-refractivity contribution in [1.29, 1.82) is 0 Å². The van der Waals surface area contributed by atoms with Crippen LogP contribution in [0.5, 0.6) is 11.5 Å². The van der Waals surface area contributed by atoms with Crippen molar-refractivity contribution in [1.82, 2.24) is 4.90 Å². The maximum absolute atomic E-state index is 13.3. The topological polar surface area (TPSA) is 50.8 Å². The smallest absolute Gasteiger partial charge is 0.322 e. The molecule has 0 aliphatic carbocycles. The number of urea groups is 1. The average molecular weight is 423 g/mol. The van der Waals surface area contributed by atoms with Crippen molar-refractivity contribution in [2.75, 3.05) is 26.1 Å². The van der Waals surface area contributed by atoms with E-state index >= 15 is 0 Å². The highest BCUT2D eigenvalue weighted by atomic mass is 19.1. The van der Waals surface area contributed by atoms with Crippen LogP contribution in [0.25, 0.3) is 0 Å². The van der Waals surface area contributed by atoms with Gasteiger partial charge in [0.2, 0.25) is 0 Å². The quantitative estimate of drug-likeness (QED) is 0.527. The van der Waals surface area contributed by atoms with Gasteiger partial charge >= 0.3 is 6.03 Å². The van der Waals surface area contributed by atoms with Crippen molar-refractivity contribution in [3.63, 3.8) is 0 Å². The van der Waals surface area contributed by atoms with Crippen LogP contribution in [0.3, 0.4) is 0 Å². The molecule has 0 aliphatic heterocycles. The molecule has 0 heterocycles. The lowest BCUT2D eigenvalue weighted by atomic mass is 10.1. The summed E-state index contributed by atoms with van der Waals surface area (Å²) in [7, 11) is 3.19. The molecule has 0 atom stereocenters. The molecule has 3 aromatic carbocycles. The molecule has 1 N–H and O–H groups in total. The third kappa shape index (κ3) is 6.22. The van der Waals surface area contributed by atoms with Gasteiger partial charge in [-0.3, -0.25) is 0 Å². The van der Waals surface area contributed by atoms with Crippen LogP contribution in [0.15, 0.2) is 66.7 Å². The first-order valence-corrected chi connectivity index (χ1v) is 10.1. The second kappa shape index (κ2) is 10.5. The Morgan fingerprint density at radius 1 is 0.903 bits per heavy atom. The SMILES string of the molecule is COc1ccc(CCN(Cc2ccc(F)cc2)C(=O)Nc2ccc(C)cc2)cc1OC. The summed E-state index contributed by atoms with van der Waals surface area (Å²) < 4.78 is 24.0. The minimum absolute atomic E-state index is 0.214. The molecule has 3 aromatic rings. The summed E-state index contributed by atoms with van der Waals surface area (Å²) in [4.78, 5) is 14.7. The van der Waals surface area contributed by atoms with Gasteiger partial charge in [0.25, 0.3) is 0 Å². The first-order chi connectivity index (χ1) is 15.0. The molecule has 3 rings (SSSR count). The molecule has 0 aromatic heterocycles. The van der Waals surface area contributed by atoms with Crippen LogP contribution >= 0.6 is 0 Å². The summed E-state index contributed by atoms with van der Waals surface area (Å²) in [6.07, 6.45) is 0.628. The second-order valence-electron chi connectivity index (χ2n) is 7.28. The van der Waals surface area contributed by atoms with Crippen LogP contribution < -0.4 is 14.8 Å². The van der Waals surface area contributed by atoms with Crippen LogP contribution in [0.1, 0.15) is 16.7 Å². The van der Waals surface area contributed by atoms with Gasteiger partial charge in [0.1, 0.15) is 5.82 Å². The zero-order valence-electron chi connectivity index (χ0n) is 18.0. The molecule has 0 fully saturated rings. The number of nitrogens with one attached hydrogen (secondary N) is 1. The summed E-state index contributed by atoms with van der Waals surface area (Å²) in [6, 6.07) is 19.3. The molecule has 5 nitrogen and oxygen atoms in total. The lowest BCUT2D eigenvalue weighted by Crippen LogP contribution is -2.36. The van der Waals surface area contributed by atoms with Crippen molar-refractivity contribution in [2.24, 2.45) is 0 Å². The molecular weight excluding hydrogens is 395 g/mol. The number of carbonyl (C=O) groups excluding carboxylic acids is 1. The minimum atomic E-state index is -0.301. The van der Waals surface area contributed by atoms with E-state index in [9.17, 15) is 9.18 Å². The van der Waals surface area contributed by atoms with Crippen LogP contribution in [-0.2, 0) is 13.0 Å². The molecule has 0 spiro atoms. The van der Waals surface area contributed by atoms with Crippen molar-refractivity contribution in [2.45, 2.75) is 19.9 Å². The Labute approximate surface area is 182 Å². The number of amides is 2. The Hall–Kier alpha value is -3.54. The summed E-state index contributed by atoms with van der Waals surface area (Å²) in [5.74, 6) is 1.01. The average Bonchev–Trinajstić information content (AvgIpc) is 2.79. The lowest BCUT2D eigenvalue weighted by molar-refractivity contribution is 0.209. The number of anilines is 1. The standard InChI is InChI=1S/C25H27FN2O3/c1-18-4-11-22(12-5-18)27-25(29)28(17-20-6-9-21(26)10-7-20)15-14-19-8-13-23(30-2)24(16-19)31-3/h4-13,16H,14-15,17H2,1-3H3,(H,27,29). The van der Waals surface area contributed by atoms with Crippen LogP contribution in [-0.4, -0.2) is 31.7 Å². The van der Waals surface area contributed by atoms with Crippen molar-refractivity contribution >= 4 is 11.7 Å². The van der Waals surface area contributed by atoms with Gasteiger partial charge in [-0.05, 0) is 60.9 Å². The number of ether oxygens (including phenoxy) is 2. The zero-order chi connectivity index (χ0) is 22.2. The molecule has 0 saturated carbocycles. The zero-order valence-corrected chi connectivity index (χ0v) is 18.0. The first kappa shape index (κ1) is 22.2. The molecule has 2 amide bonds. The van der Waals surface area contributed by atoms with Crippen molar-refractivity contribution in [3.8, 4) is 11.5 Å². The number of nitrogens with zero attached hydrogens (tertiary/aromatic N) is 1. The summed E-state index contributed by atoms with van der Waals surface area (Å²) in [6.45, 7) is 2.84. The maximum Gasteiger partial charge on any atom is 0.322 e. The third-order valence-corrected chi connectivity index (χ3v) is 5.00. The monoisotopic (exact) mass is 422 g/mol. The molecule has 0 unspecified atom stereocenters. The van der Waals surface area contributed by atoms with Crippen molar-refractivity contribution < 1.29 is 18.7 Å². The molecule has 0 aliphatic rings. The van der Waals surface area contributed by atoms with E-state index in [4.69, 9.17) is 9.47 Å². The highest BCUT2D eigenvalue weighted by Gasteiger charge is 2.15. The Morgan fingerprint density at radius 2 is 1.55 bits per heavy atom. The number of benzene rings is 3. The van der Waals surface area contributed by atoms with Gasteiger partial charge in [0, 0.05) is 18.8 Å². The fourth-order valence-electron chi connectivity index (χ4n) is 3.20. The first-order valence-electron chi connectivity index (χ1n) is 10.1. The van der Waals surface area contributed by atoms with Gasteiger partial charge in [0.15, 0.2) is 11.5 Å². The van der Waals surface area contributed by atoms with Crippen LogP contribution in [0.4, 0.5) is 14.9 Å². The maximum atomic E-state index is 13.3. The number of carbonyl (C=O) groups is 1. The van der Waals surface area contributed by atoms with E-state index in [-0.39, 0.29) is 11.8 Å². The number of halogens is 1. The largest absolute Gasteiger partial charge is 0.493 e. The van der Waals surface area contributed by atoms with E-state index in [0.717, 1.165) is 22.4 Å².